The molecule has 0 saturated heterocycles. The molecular formula is C15H12BrFO2. The van der Waals surface area contributed by atoms with Crippen LogP contribution < -0.4 is 4.74 Å². The van der Waals surface area contributed by atoms with Crippen molar-refractivity contribution >= 4 is 21.7 Å². The van der Waals surface area contributed by atoms with E-state index in [4.69, 9.17) is 4.74 Å². The van der Waals surface area contributed by atoms with Gasteiger partial charge in [-0.05, 0) is 37.3 Å². The molecule has 2 nitrogen and oxygen atoms in total. The van der Waals surface area contributed by atoms with E-state index in [1.807, 2.05) is 13.0 Å². The van der Waals surface area contributed by atoms with Gasteiger partial charge >= 0.3 is 0 Å². The van der Waals surface area contributed by atoms with Crippen LogP contribution in [-0.4, -0.2) is 12.9 Å². The molecule has 2 rings (SSSR count). The quantitative estimate of drug-likeness (QED) is 0.794. The molecule has 0 saturated carbocycles. The number of carbonyl (C=O) groups excluding carboxylic acids is 1. The molecular weight excluding hydrogens is 311 g/mol. The van der Waals surface area contributed by atoms with Crippen molar-refractivity contribution in [1.82, 2.24) is 0 Å². The number of rotatable bonds is 3. The Labute approximate surface area is 119 Å². The third kappa shape index (κ3) is 2.84. The van der Waals surface area contributed by atoms with Gasteiger partial charge in [-0.15, -0.1) is 0 Å². The minimum absolute atomic E-state index is 0.216. The van der Waals surface area contributed by atoms with Gasteiger partial charge in [0.1, 0.15) is 11.6 Å². The Morgan fingerprint density at radius 2 is 1.89 bits per heavy atom. The van der Waals surface area contributed by atoms with E-state index in [2.05, 4.69) is 15.9 Å². The van der Waals surface area contributed by atoms with Crippen LogP contribution >= 0.6 is 15.9 Å². The van der Waals surface area contributed by atoms with Crippen LogP contribution in [0.3, 0.4) is 0 Å². The summed E-state index contributed by atoms with van der Waals surface area (Å²) in [5.74, 6) is -0.375. The summed E-state index contributed by atoms with van der Waals surface area (Å²) < 4.78 is 19.1. The molecule has 0 radical (unpaired) electrons. The fourth-order valence-electron chi connectivity index (χ4n) is 1.82. The van der Waals surface area contributed by atoms with Crippen LogP contribution in [0, 0.1) is 12.7 Å². The molecule has 0 unspecified atom stereocenters. The van der Waals surface area contributed by atoms with Gasteiger partial charge in [0, 0.05) is 10.0 Å². The SMILES string of the molecule is COc1ccc(F)cc1C(=O)c1cc(C)ccc1Br. The number of hydrogen-bond acceptors (Lipinski definition) is 2. The van der Waals surface area contributed by atoms with E-state index < -0.39 is 5.82 Å². The van der Waals surface area contributed by atoms with Gasteiger partial charge in [0.25, 0.3) is 0 Å². The predicted molar refractivity (Wildman–Crippen MR) is 75.3 cm³/mol. The van der Waals surface area contributed by atoms with Crippen molar-refractivity contribution in [1.29, 1.82) is 0 Å². The Bertz CT molecular complexity index is 638. The van der Waals surface area contributed by atoms with Gasteiger partial charge in [0.15, 0.2) is 5.78 Å². The summed E-state index contributed by atoms with van der Waals surface area (Å²) in [6.45, 7) is 1.89. The lowest BCUT2D eigenvalue weighted by Crippen LogP contribution is -2.06. The summed E-state index contributed by atoms with van der Waals surface area (Å²) in [5.41, 5.74) is 1.67. The fraction of sp³-hybridized carbons (Fsp3) is 0.133. The largest absolute Gasteiger partial charge is 0.496 e. The van der Waals surface area contributed by atoms with Crippen molar-refractivity contribution in [2.45, 2.75) is 6.92 Å². The summed E-state index contributed by atoms with van der Waals surface area (Å²) in [7, 11) is 1.45. The molecule has 0 N–H and O–H groups in total. The molecule has 2 aromatic carbocycles. The van der Waals surface area contributed by atoms with E-state index in [9.17, 15) is 9.18 Å². The van der Waals surface area contributed by atoms with E-state index in [1.165, 1.54) is 25.3 Å². The molecule has 0 aliphatic carbocycles. The maximum Gasteiger partial charge on any atom is 0.198 e. The highest BCUT2D eigenvalue weighted by molar-refractivity contribution is 9.10. The van der Waals surface area contributed by atoms with Crippen molar-refractivity contribution in [2.75, 3.05) is 7.11 Å². The minimum atomic E-state index is -0.465. The first kappa shape index (κ1) is 13.7. The zero-order chi connectivity index (χ0) is 14.0. The first-order valence-corrected chi connectivity index (χ1v) is 6.46. The summed E-state index contributed by atoms with van der Waals surface area (Å²) in [4.78, 5) is 12.5. The van der Waals surface area contributed by atoms with Crippen molar-refractivity contribution in [3.63, 3.8) is 0 Å². The van der Waals surface area contributed by atoms with Crippen LogP contribution in [0.2, 0.25) is 0 Å². The predicted octanol–water partition coefficient (Wildman–Crippen LogP) is 4.14. The Kier molecular flexibility index (Phi) is 4.00. The smallest absolute Gasteiger partial charge is 0.198 e. The lowest BCUT2D eigenvalue weighted by molar-refractivity contribution is 0.103. The molecule has 19 heavy (non-hydrogen) atoms. The third-order valence-corrected chi connectivity index (χ3v) is 3.46. The Morgan fingerprint density at radius 1 is 1.16 bits per heavy atom. The summed E-state index contributed by atoms with van der Waals surface area (Å²) in [6.07, 6.45) is 0. The average molecular weight is 323 g/mol. The molecule has 0 aliphatic heterocycles. The van der Waals surface area contributed by atoms with Crippen LogP contribution in [0.15, 0.2) is 40.9 Å². The third-order valence-electron chi connectivity index (χ3n) is 2.77. The van der Waals surface area contributed by atoms with Gasteiger partial charge in [-0.25, -0.2) is 4.39 Å². The highest BCUT2D eigenvalue weighted by atomic mass is 79.9. The van der Waals surface area contributed by atoms with E-state index in [0.717, 1.165) is 5.56 Å². The van der Waals surface area contributed by atoms with Gasteiger partial charge < -0.3 is 4.74 Å². The van der Waals surface area contributed by atoms with Crippen LogP contribution in [-0.2, 0) is 0 Å². The lowest BCUT2D eigenvalue weighted by Gasteiger charge is -2.09. The van der Waals surface area contributed by atoms with Gasteiger partial charge in [0.2, 0.25) is 0 Å². The number of benzene rings is 2. The fourth-order valence-corrected chi connectivity index (χ4v) is 2.24. The van der Waals surface area contributed by atoms with E-state index in [-0.39, 0.29) is 11.3 Å². The first-order chi connectivity index (χ1) is 9.02. The zero-order valence-corrected chi connectivity index (χ0v) is 12.1. The van der Waals surface area contributed by atoms with Gasteiger partial charge in [-0.2, -0.15) is 0 Å². The Morgan fingerprint density at radius 3 is 2.58 bits per heavy atom. The molecule has 0 bridgehead atoms. The molecule has 0 atom stereocenters. The number of methoxy groups -OCH3 is 1. The van der Waals surface area contributed by atoms with Crippen LogP contribution in [0.4, 0.5) is 4.39 Å². The highest BCUT2D eigenvalue weighted by Gasteiger charge is 2.17. The second-order valence-electron chi connectivity index (χ2n) is 4.16. The van der Waals surface area contributed by atoms with Gasteiger partial charge in [0.05, 0.1) is 12.7 Å². The van der Waals surface area contributed by atoms with Crippen LogP contribution in [0.5, 0.6) is 5.75 Å². The normalized spacial score (nSPS) is 10.3. The van der Waals surface area contributed by atoms with Crippen molar-refractivity contribution in [2.24, 2.45) is 0 Å². The number of ketones is 1. The molecule has 4 heteroatoms. The number of hydrogen-bond donors (Lipinski definition) is 0. The maximum atomic E-state index is 13.3. The lowest BCUT2D eigenvalue weighted by atomic mass is 10.0. The van der Waals surface area contributed by atoms with Crippen LogP contribution in [0.1, 0.15) is 21.5 Å². The summed E-state index contributed by atoms with van der Waals surface area (Å²) in [5, 5.41) is 0. The monoisotopic (exact) mass is 322 g/mol. The van der Waals surface area contributed by atoms with Gasteiger partial charge in [-0.1, -0.05) is 27.6 Å². The molecule has 0 spiro atoms. The topological polar surface area (TPSA) is 26.3 Å². The van der Waals surface area contributed by atoms with E-state index in [0.29, 0.717) is 15.8 Å². The average Bonchev–Trinajstić information content (AvgIpc) is 2.40. The van der Waals surface area contributed by atoms with Crippen molar-refractivity contribution in [3.05, 3.63) is 63.4 Å². The summed E-state index contributed by atoms with van der Waals surface area (Å²) in [6, 6.07) is 9.36. The Balaban J connectivity index is 2.55. The molecule has 0 aromatic heterocycles. The van der Waals surface area contributed by atoms with E-state index in [1.54, 1.807) is 12.1 Å². The highest BCUT2D eigenvalue weighted by Crippen LogP contribution is 2.26. The molecule has 2 aromatic rings. The molecule has 0 aliphatic rings. The number of aryl methyl sites for hydroxylation is 1. The first-order valence-electron chi connectivity index (χ1n) is 5.67. The molecule has 0 heterocycles. The van der Waals surface area contributed by atoms with Crippen molar-refractivity contribution < 1.29 is 13.9 Å². The van der Waals surface area contributed by atoms with Crippen LogP contribution in [0.25, 0.3) is 0 Å². The maximum absolute atomic E-state index is 13.3. The van der Waals surface area contributed by atoms with Crippen molar-refractivity contribution in [3.8, 4) is 5.75 Å². The summed E-state index contributed by atoms with van der Waals surface area (Å²) >= 11 is 3.34. The Hall–Kier alpha value is -1.68. The number of halogens is 2. The molecule has 98 valence electrons. The number of ether oxygens (including phenoxy) is 1. The molecule has 0 fully saturated rings. The standard InChI is InChI=1S/C15H12BrFO2/c1-9-3-5-13(16)11(7-9)15(18)12-8-10(17)4-6-14(12)19-2/h3-8H,1-2H3. The second kappa shape index (κ2) is 5.53. The molecule has 0 amide bonds. The van der Waals surface area contributed by atoms with E-state index >= 15 is 0 Å². The minimum Gasteiger partial charge on any atom is -0.496 e. The zero-order valence-electron chi connectivity index (χ0n) is 10.5. The number of carbonyl (C=O) groups is 1. The second-order valence-corrected chi connectivity index (χ2v) is 5.01. The van der Waals surface area contributed by atoms with Gasteiger partial charge in [-0.3, -0.25) is 4.79 Å².